The Balaban J connectivity index is 0.00000180. The molecular weight excluding hydrogens is 499 g/mol. The summed E-state index contributed by atoms with van der Waals surface area (Å²) in [6.45, 7) is 4.12. The average molecular weight is 529 g/mol. The van der Waals surface area contributed by atoms with E-state index >= 15 is 0 Å². The molecule has 1 saturated heterocycles. The van der Waals surface area contributed by atoms with Gasteiger partial charge in [-0.3, -0.25) is 10.0 Å². The number of nitrogens with zero attached hydrogens (tertiary/aromatic N) is 4. The Kier molecular flexibility index (Phi) is 9.66. The second-order valence-corrected chi connectivity index (χ2v) is 8.55. The van der Waals surface area contributed by atoms with Crippen molar-refractivity contribution in [2.24, 2.45) is 0 Å². The van der Waals surface area contributed by atoms with Gasteiger partial charge >= 0.3 is 0 Å². The summed E-state index contributed by atoms with van der Waals surface area (Å²) < 4.78 is 1.88. The van der Waals surface area contributed by atoms with Gasteiger partial charge in [-0.05, 0) is 61.8 Å². The summed E-state index contributed by atoms with van der Waals surface area (Å²) in [6, 6.07) is 15.8. The third kappa shape index (κ3) is 6.14. The van der Waals surface area contributed by atoms with Crippen LogP contribution >= 0.6 is 24.8 Å². The van der Waals surface area contributed by atoms with Crippen LogP contribution in [0.1, 0.15) is 24.8 Å². The molecule has 0 radical (unpaired) electrons. The predicted molar refractivity (Wildman–Crippen MR) is 149 cm³/mol. The highest BCUT2D eigenvalue weighted by molar-refractivity contribution is 6.09. The molecule has 0 saturated carbocycles. The molecule has 0 spiro atoms. The monoisotopic (exact) mass is 528 g/mol. The van der Waals surface area contributed by atoms with Crippen LogP contribution in [-0.4, -0.2) is 57.0 Å². The molecule has 1 aliphatic rings. The van der Waals surface area contributed by atoms with Gasteiger partial charge in [0.2, 0.25) is 0 Å². The van der Waals surface area contributed by atoms with Crippen molar-refractivity contribution in [3.8, 4) is 5.69 Å². The number of benzene rings is 2. The number of rotatable bonds is 7. The lowest BCUT2D eigenvalue weighted by atomic mass is 10.1. The van der Waals surface area contributed by atoms with Crippen LogP contribution in [-0.2, 0) is 4.79 Å². The number of aromatic nitrogens is 3. The summed E-state index contributed by atoms with van der Waals surface area (Å²) in [6.07, 6.45) is 8.85. The van der Waals surface area contributed by atoms with E-state index in [9.17, 15) is 4.79 Å². The van der Waals surface area contributed by atoms with Crippen LogP contribution in [0.15, 0.2) is 60.8 Å². The Bertz CT molecular complexity index is 1340. The Morgan fingerprint density at radius 3 is 2.56 bits per heavy atom. The Morgan fingerprint density at radius 2 is 1.81 bits per heavy atom. The molecule has 2 aromatic carbocycles. The number of pyridine rings is 1. The summed E-state index contributed by atoms with van der Waals surface area (Å²) in [7, 11) is 0. The molecule has 0 aliphatic carbocycles. The number of hydrogen-bond acceptors (Lipinski definition) is 6. The molecule has 36 heavy (non-hydrogen) atoms. The molecule has 0 atom stereocenters. The van der Waals surface area contributed by atoms with Crippen molar-refractivity contribution in [3.05, 3.63) is 66.4 Å². The predicted octanol–water partition coefficient (Wildman–Crippen LogP) is 4.83. The van der Waals surface area contributed by atoms with Crippen LogP contribution in [0.25, 0.3) is 33.6 Å². The highest BCUT2D eigenvalue weighted by Crippen LogP contribution is 2.30. The van der Waals surface area contributed by atoms with E-state index in [1.165, 1.54) is 25.3 Å². The van der Waals surface area contributed by atoms with Crippen LogP contribution in [0.4, 0.5) is 5.82 Å². The number of amides is 1. The first-order chi connectivity index (χ1) is 16.7. The lowest BCUT2D eigenvalue weighted by molar-refractivity contribution is -0.124. The molecular formula is C26H30Cl2N6O2. The topological polar surface area (TPSA) is 95.3 Å². The number of anilines is 1. The minimum atomic E-state index is -0.575. The van der Waals surface area contributed by atoms with Crippen LogP contribution in [0.3, 0.4) is 0 Å². The highest BCUT2D eigenvalue weighted by atomic mass is 35.5. The maximum atomic E-state index is 11.4. The molecule has 3 N–H and O–H groups in total. The normalized spacial score (nSPS) is 13.9. The molecule has 4 aromatic rings. The van der Waals surface area contributed by atoms with E-state index < -0.39 is 5.91 Å². The zero-order valence-corrected chi connectivity index (χ0v) is 21.4. The summed E-state index contributed by atoms with van der Waals surface area (Å²) in [5.41, 5.74) is 5.08. The van der Waals surface area contributed by atoms with Crippen LogP contribution < -0.4 is 10.8 Å². The van der Waals surface area contributed by atoms with Gasteiger partial charge in [-0.25, -0.2) is 15.1 Å². The Morgan fingerprint density at radius 1 is 1.03 bits per heavy atom. The number of hydrogen-bond donors (Lipinski definition) is 3. The first-order valence-corrected chi connectivity index (χ1v) is 11.7. The SMILES string of the molecule is Cl.Cl.O=C(/C=C/c1ccc2nc(NCCN3CCCCC3)c3nn(-c4ccccc4)cc3c2c1)NO. The molecule has 2 aromatic heterocycles. The Hall–Kier alpha value is -3.17. The summed E-state index contributed by atoms with van der Waals surface area (Å²) in [4.78, 5) is 18.8. The largest absolute Gasteiger partial charge is 0.367 e. The Labute approximate surface area is 222 Å². The van der Waals surface area contributed by atoms with E-state index in [2.05, 4.69) is 10.2 Å². The summed E-state index contributed by atoms with van der Waals surface area (Å²) in [5.74, 6) is 0.200. The van der Waals surface area contributed by atoms with Crippen molar-refractivity contribution in [2.75, 3.05) is 31.5 Å². The third-order valence-corrected chi connectivity index (χ3v) is 6.21. The van der Waals surface area contributed by atoms with Crippen LogP contribution in [0, 0.1) is 0 Å². The van der Waals surface area contributed by atoms with Gasteiger partial charge in [0.25, 0.3) is 5.91 Å². The molecule has 1 amide bonds. The van der Waals surface area contributed by atoms with Gasteiger partial charge in [-0.1, -0.05) is 30.7 Å². The second kappa shape index (κ2) is 12.7. The molecule has 1 fully saturated rings. The second-order valence-electron chi connectivity index (χ2n) is 8.55. The number of fused-ring (bicyclic) bond motifs is 3. The van der Waals surface area contributed by atoms with Crippen molar-refractivity contribution in [2.45, 2.75) is 19.3 Å². The van der Waals surface area contributed by atoms with E-state index in [1.807, 2.05) is 59.4 Å². The van der Waals surface area contributed by atoms with Crippen molar-refractivity contribution < 1.29 is 10.0 Å². The van der Waals surface area contributed by atoms with E-state index in [0.29, 0.717) is 0 Å². The standard InChI is InChI=1S/C26H28N6O2.2ClH/c33-24(30-34)12-10-19-9-11-23-21(17-19)22-18-32(20-7-3-1-4-8-20)29-25(22)26(28-23)27-13-16-31-14-5-2-6-15-31;;/h1,3-4,7-12,17-18,34H,2,5-6,13-16H2,(H,27,28)(H,30,33);2*1H/b12-10+;;. The number of halogens is 2. The zero-order valence-electron chi connectivity index (χ0n) is 19.8. The van der Waals surface area contributed by atoms with Crippen LogP contribution in [0.5, 0.6) is 0 Å². The van der Waals surface area contributed by atoms with Crippen molar-refractivity contribution in [1.82, 2.24) is 25.1 Å². The lowest BCUT2D eigenvalue weighted by Gasteiger charge is -2.26. The number of nitrogens with one attached hydrogen (secondary N) is 2. The number of carbonyl (C=O) groups is 1. The maximum absolute atomic E-state index is 11.4. The molecule has 8 nitrogen and oxygen atoms in total. The smallest absolute Gasteiger partial charge is 0.267 e. The quantitative estimate of drug-likeness (QED) is 0.180. The number of piperidine rings is 1. The average Bonchev–Trinajstić information content (AvgIpc) is 3.35. The fourth-order valence-electron chi connectivity index (χ4n) is 4.45. The zero-order chi connectivity index (χ0) is 23.3. The van der Waals surface area contributed by atoms with E-state index in [4.69, 9.17) is 15.3 Å². The highest BCUT2D eigenvalue weighted by Gasteiger charge is 2.15. The molecule has 3 heterocycles. The van der Waals surface area contributed by atoms with E-state index in [1.54, 1.807) is 11.6 Å². The van der Waals surface area contributed by atoms with Crippen molar-refractivity contribution in [1.29, 1.82) is 0 Å². The van der Waals surface area contributed by atoms with Gasteiger partial charge in [-0.2, -0.15) is 5.10 Å². The first-order valence-electron chi connectivity index (χ1n) is 11.7. The third-order valence-electron chi connectivity index (χ3n) is 6.21. The van der Waals surface area contributed by atoms with Gasteiger partial charge in [0, 0.05) is 36.1 Å². The summed E-state index contributed by atoms with van der Waals surface area (Å²) >= 11 is 0. The fourth-order valence-corrected chi connectivity index (χ4v) is 4.45. The first kappa shape index (κ1) is 27.4. The van der Waals surface area contributed by atoms with Gasteiger partial charge in [0.15, 0.2) is 5.82 Å². The van der Waals surface area contributed by atoms with Gasteiger partial charge in [-0.15, -0.1) is 24.8 Å². The molecule has 5 rings (SSSR count). The number of hydroxylamine groups is 1. The van der Waals surface area contributed by atoms with Crippen molar-refractivity contribution >= 4 is 64.4 Å². The molecule has 190 valence electrons. The number of carbonyl (C=O) groups excluding carboxylic acids is 1. The molecule has 0 bridgehead atoms. The van der Waals surface area contributed by atoms with Crippen molar-refractivity contribution in [3.63, 3.8) is 0 Å². The summed E-state index contributed by atoms with van der Waals surface area (Å²) in [5, 5.41) is 19.1. The lowest BCUT2D eigenvalue weighted by Crippen LogP contribution is -2.33. The van der Waals surface area contributed by atoms with Crippen LogP contribution in [0.2, 0.25) is 0 Å². The van der Waals surface area contributed by atoms with Gasteiger partial charge in [0.05, 0.1) is 11.2 Å². The minimum Gasteiger partial charge on any atom is -0.367 e. The molecule has 1 aliphatic heterocycles. The molecule has 10 heteroatoms. The van der Waals surface area contributed by atoms with Gasteiger partial charge < -0.3 is 10.2 Å². The number of para-hydroxylation sites is 1. The maximum Gasteiger partial charge on any atom is 0.267 e. The fraction of sp³-hybridized carbons (Fsp3) is 0.269. The van der Waals surface area contributed by atoms with Gasteiger partial charge in [0.1, 0.15) is 5.52 Å². The number of likely N-dealkylation sites (tertiary alicyclic amines) is 1. The minimum absolute atomic E-state index is 0. The van der Waals surface area contributed by atoms with E-state index in [0.717, 1.165) is 65.1 Å². The van der Waals surface area contributed by atoms with E-state index in [-0.39, 0.29) is 24.8 Å². The molecule has 0 unspecified atom stereocenters.